The van der Waals surface area contributed by atoms with Gasteiger partial charge in [0.2, 0.25) is 0 Å². The van der Waals surface area contributed by atoms with Crippen LogP contribution in [-0.2, 0) is 38.1 Å². The minimum absolute atomic E-state index is 0. The fourth-order valence-electron chi connectivity index (χ4n) is 6.10. The van der Waals surface area contributed by atoms with Crippen LogP contribution in [0.3, 0.4) is 0 Å². The van der Waals surface area contributed by atoms with Gasteiger partial charge in [0.1, 0.15) is 0 Å². The molecule has 2 atom stereocenters. The monoisotopic (exact) mass is 810 g/mol. The fourth-order valence-corrected chi connectivity index (χ4v) is 13.5. The molecule has 2 aromatic rings. The van der Waals surface area contributed by atoms with Gasteiger partial charge in [-0.25, -0.2) is 0 Å². The summed E-state index contributed by atoms with van der Waals surface area (Å²) in [4.78, 5) is 0. The van der Waals surface area contributed by atoms with Gasteiger partial charge in [0.05, 0.1) is 0 Å². The Morgan fingerprint density at radius 1 is 0.744 bits per heavy atom. The first kappa shape index (κ1) is 39.0. The molecule has 6 rings (SSSR count). The van der Waals surface area contributed by atoms with Gasteiger partial charge in [0.15, 0.2) is 0 Å². The summed E-state index contributed by atoms with van der Waals surface area (Å²) >= 11 is -2.81. The molecule has 0 aliphatic heterocycles. The number of hydrogen-bond acceptors (Lipinski definition) is 0. The Morgan fingerprint density at radius 2 is 1.19 bits per heavy atom. The first-order valence-electron chi connectivity index (χ1n) is 14.8. The summed E-state index contributed by atoms with van der Waals surface area (Å²) in [6.45, 7) is 11.4. The van der Waals surface area contributed by atoms with Crippen molar-refractivity contribution in [1.29, 1.82) is 0 Å². The van der Waals surface area contributed by atoms with Crippen molar-refractivity contribution in [3.63, 3.8) is 0 Å². The Morgan fingerprint density at radius 3 is 1.47 bits per heavy atom. The summed E-state index contributed by atoms with van der Waals surface area (Å²) in [7, 11) is 13.5. The van der Waals surface area contributed by atoms with E-state index in [1.165, 1.54) is 36.7 Å². The van der Waals surface area contributed by atoms with Crippen LogP contribution >= 0.6 is 17.0 Å². The average Bonchev–Trinajstić information content (AvgIpc) is 3.67. The summed E-state index contributed by atoms with van der Waals surface area (Å²) in [6, 6.07) is 17.4. The van der Waals surface area contributed by atoms with Gasteiger partial charge < -0.3 is 24.8 Å². The van der Waals surface area contributed by atoms with Crippen molar-refractivity contribution in [2.45, 2.75) is 71.4 Å². The third kappa shape index (κ3) is 8.79. The number of hydrogen-bond donors (Lipinski definition) is 0. The third-order valence-corrected chi connectivity index (χ3v) is 23.2. The second kappa shape index (κ2) is 12.1. The molecule has 2 aromatic carbocycles. The predicted molar refractivity (Wildman–Crippen MR) is 178 cm³/mol. The van der Waals surface area contributed by atoms with Gasteiger partial charge >= 0.3 is 162 Å². The maximum atomic E-state index is 6.75. The van der Waals surface area contributed by atoms with Crippen LogP contribution in [0.4, 0.5) is 0 Å². The van der Waals surface area contributed by atoms with E-state index in [9.17, 15) is 0 Å². The predicted octanol–water partition coefficient (Wildman–Crippen LogP) is 6.89. The zero-order valence-corrected chi connectivity index (χ0v) is 35.0. The van der Waals surface area contributed by atoms with E-state index < -0.39 is 13.4 Å². The summed E-state index contributed by atoms with van der Waals surface area (Å²) < 4.78 is 11.0. The molecule has 0 N–H and O–H groups in total. The Hall–Kier alpha value is -0.194. The van der Waals surface area contributed by atoms with Crippen LogP contribution in [0.1, 0.15) is 75.1 Å². The van der Waals surface area contributed by atoms with Crippen LogP contribution in [0.5, 0.6) is 0 Å². The van der Waals surface area contributed by atoms with E-state index in [2.05, 4.69) is 120 Å². The van der Waals surface area contributed by atoms with Crippen LogP contribution in [0, 0.1) is 5.41 Å². The molecule has 0 saturated carbocycles. The number of halogens is 4. The number of rotatable bonds is 2. The molecule has 0 bridgehead atoms. The maximum absolute atomic E-state index is 6.75. The number of benzene rings is 2. The van der Waals surface area contributed by atoms with Crippen molar-refractivity contribution in [2.75, 3.05) is 0 Å². The van der Waals surface area contributed by atoms with Crippen LogP contribution in [0.15, 0.2) is 102 Å². The van der Waals surface area contributed by atoms with Crippen molar-refractivity contribution >= 4 is 29.2 Å². The van der Waals surface area contributed by atoms with Gasteiger partial charge in [0.25, 0.3) is 0 Å². The van der Waals surface area contributed by atoms with Crippen molar-refractivity contribution < 1.29 is 63.0 Å². The van der Waals surface area contributed by atoms with Gasteiger partial charge in [-0.15, -0.1) is 0 Å². The van der Waals surface area contributed by atoms with E-state index in [4.69, 9.17) is 17.0 Å². The molecule has 0 spiro atoms. The molecule has 0 fully saturated rings. The van der Waals surface area contributed by atoms with E-state index in [1.54, 1.807) is 33.6 Å². The van der Waals surface area contributed by atoms with Gasteiger partial charge in [-0.3, -0.25) is 0 Å². The molecular formula is C37H46Cl4Zr2. The van der Waals surface area contributed by atoms with Crippen molar-refractivity contribution in [3.05, 3.63) is 124 Å². The van der Waals surface area contributed by atoms with E-state index in [0.29, 0.717) is 17.3 Å². The molecule has 6 heteroatoms. The fraction of sp³-hybridized carbons (Fsp3) is 0.351. The largest absolute Gasteiger partial charge is 1.00 e. The van der Waals surface area contributed by atoms with E-state index >= 15 is 0 Å². The summed E-state index contributed by atoms with van der Waals surface area (Å²) in [5, 5.41) is 0. The minimum Gasteiger partial charge on any atom is -1.00 e. The first-order chi connectivity index (χ1) is 18.6. The number of fused-ring (bicyclic) bond motifs is 2. The molecule has 0 heterocycles. The maximum Gasteiger partial charge on any atom is -1.00 e. The van der Waals surface area contributed by atoms with Gasteiger partial charge in [-0.05, 0) is 22.3 Å². The smallest absolute Gasteiger partial charge is 1.00 e. The molecule has 0 aromatic heterocycles. The van der Waals surface area contributed by atoms with Crippen LogP contribution in [0.25, 0.3) is 12.2 Å². The zero-order valence-electron chi connectivity index (χ0n) is 27.0. The normalized spacial score (nSPS) is 23.2. The van der Waals surface area contributed by atoms with Gasteiger partial charge in [-0.1, -0.05) is 72.8 Å². The molecule has 230 valence electrons. The van der Waals surface area contributed by atoms with Crippen molar-refractivity contribution in [3.8, 4) is 0 Å². The SMILES string of the molecule is C1=CC(C2C=Cc3ccccc32)c2ccccc21.CC1=C(C)C(C)(C)[C]([Zr+2])=C1C.[CH3][Zr]([CH3])([CH3])([CH3])([Cl])([Cl])[C]1=CC=CC1.[Cl-].[Cl-]. The molecule has 0 nitrogen and oxygen atoms in total. The van der Waals surface area contributed by atoms with E-state index in [1.807, 2.05) is 24.6 Å². The van der Waals surface area contributed by atoms with Gasteiger partial charge in [0, 0.05) is 11.8 Å². The molecule has 2 unspecified atom stereocenters. The van der Waals surface area contributed by atoms with E-state index in [0.717, 1.165) is 6.42 Å². The second-order valence-electron chi connectivity index (χ2n) is 16.0. The summed E-state index contributed by atoms with van der Waals surface area (Å²) in [6.07, 6.45) is 16.3. The number of allylic oxidation sites excluding steroid dienone is 10. The quantitative estimate of drug-likeness (QED) is 0.310. The Kier molecular flexibility index (Phi) is 11.0. The molecule has 4 aliphatic rings. The first-order valence-corrected chi connectivity index (χ1v) is 33.4. The molecule has 43 heavy (non-hydrogen) atoms. The van der Waals surface area contributed by atoms with Crippen molar-refractivity contribution in [2.24, 2.45) is 5.41 Å². The third-order valence-electron chi connectivity index (χ3n) is 9.42. The van der Waals surface area contributed by atoms with E-state index in [-0.39, 0.29) is 24.8 Å². The van der Waals surface area contributed by atoms with Crippen molar-refractivity contribution in [1.82, 2.24) is 0 Å². The minimum atomic E-state index is -4.39. The molecule has 0 saturated heterocycles. The van der Waals surface area contributed by atoms with Crippen LogP contribution in [-0.4, -0.2) is 0 Å². The van der Waals surface area contributed by atoms with Gasteiger partial charge in [-0.2, -0.15) is 0 Å². The zero-order chi connectivity index (χ0) is 30.5. The van der Waals surface area contributed by atoms with Crippen LogP contribution in [0.2, 0.25) is 18.5 Å². The second-order valence-corrected chi connectivity index (χ2v) is 70.7. The Balaban J connectivity index is 0.000000230. The van der Waals surface area contributed by atoms with Crippen LogP contribution < -0.4 is 24.8 Å². The topological polar surface area (TPSA) is 0 Å². The summed E-state index contributed by atoms with van der Waals surface area (Å²) in [5.41, 5.74) is 10.6. The molecular weight excluding hydrogens is 769 g/mol. The molecule has 0 radical (unpaired) electrons. The molecule has 4 aliphatic carbocycles. The average molecular weight is 815 g/mol. The Labute approximate surface area is 290 Å². The Bertz CT molecular complexity index is 1500. The molecule has 0 amide bonds. The standard InChI is InChI=1S/C18H14.C10H15.C5H5.4CH3.4ClH.2Zr/c1-3-7-15-13(5-1)9-11-17(15)18-12-10-14-6-2-4-8-16(14)18;1-7-6-10(4,5)9(3)8(7)2;1-2-4-5-3-1;;;;;;;;;;/h1-12,17-18H;1-5H3;1-3H,4H2;4*1H3;4*1H;;/q;;;;;;;;;;;2*+2/p-4. The summed E-state index contributed by atoms with van der Waals surface area (Å²) in [5.74, 6) is 1.00.